The van der Waals surface area contributed by atoms with Crippen molar-refractivity contribution in [3.05, 3.63) is 30.2 Å². The molecule has 0 fully saturated rings. The molecule has 0 aliphatic heterocycles. The van der Waals surface area contributed by atoms with E-state index in [0.717, 1.165) is 6.42 Å². The highest BCUT2D eigenvalue weighted by molar-refractivity contribution is 5.53. The molecular formula is C12H13F2N3O2. The van der Waals surface area contributed by atoms with E-state index < -0.39 is 6.61 Å². The van der Waals surface area contributed by atoms with Gasteiger partial charge >= 0.3 is 6.61 Å². The summed E-state index contributed by atoms with van der Waals surface area (Å²) in [5, 5.41) is 7.76. The molecule has 0 radical (unpaired) electrons. The van der Waals surface area contributed by atoms with Crippen molar-refractivity contribution in [2.24, 2.45) is 5.73 Å². The van der Waals surface area contributed by atoms with Crippen LogP contribution in [-0.2, 0) is 6.42 Å². The summed E-state index contributed by atoms with van der Waals surface area (Å²) in [6.45, 7) is -2.28. The average molecular weight is 269 g/mol. The van der Waals surface area contributed by atoms with Crippen molar-refractivity contribution in [2.75, 3.05) is 6.54 Å². The second kappa shape index (κ2) is 6.24. The highest BCUT2D eigenvalue weighted by atomic mass is 19.3. The molecule has 0 aliphatic carbocycles. The number of ether oxygens (including phenoxy) is 1. The maximum atomic E-state index is 12.0. The molecule has 0 atom stereocenters. The zero-order chi connectivity index (χ0) is 13.7. The third kappa shape index (κ3) is 3.72. The van der Waals surface area contributed by atoms with Gasteiger partial charge in [0.25, 0.3) is 0 Å². The van der Waals surface area contributed by atoms with Crippen molar-refractivity contribution in [1.82, 2.24) is 10.2 Å². The van der Waals surface area contributed by atoms with Crippen LogP contribution in [0.4, 0.5) is 8.78 Å². The summed E-state index contributed by atoms with van der Waals surface area (Å²) in [5.41, 5.74) is 6.03. The van der Waals surface area contributed by atoms with Gasteiger partial charge in [0, 0.05) is 12.0 Å². The van der Waals surface area contributed by atoms with Crippen molar-refractivity contribution in [3.8, 4) is 17.2 Å². The Hall–Kier alpha value is -2.02. The number of hydrogen-bond acceptors (Lipinski definition) is 5. The lowest BCUT2D eigenvalue weighted by Crippen LogP contribution is -2.01. The molecule has 2 N–H and O–H groups in total. The van der Waals surface area contributed by atoms with Crippen LogP contribution in [0.5, 0.6) is 5.75 Å². The van der Waals surface area contributed by atoms with Crippen molar-refractivity contribution >= 4 is 0 Å². The monoisotopic (exact) mass is 269 g/mol. The normalized spacial score (nSPS) is 10.9. The van der Waals surface area contributed by atoms with Gasteiger partial charge in [0.05, 0.1) is 0 Å². The third-order valence-corrected chi connectivity index (χ3v) is 2.39. The van der Waals surface area contributed by atoms with Crippen molar-refractivity contribution in [2.45, 2.75) is 19.5 Å². The first kappa shape index (κ1) is 13.4. The molecule has 1 aromatic heterocycles. The van der Waals surface area contributed by atoms with E-state index in [0.29, 0.717) is 30.3 Å². The first-order valence-corrected chi connectivity index (χ1v) is 5.76. The van der Waals surface area contributed by atoms with Crippen LogP contribution >= 0.6 is 0 Å². The smallest absolute Gasteiger partial charge is 0.387 e. The summed E-state index contributed by atoms with van der Waals surface area (Å²) in [6.07, 6.45) is 1.39. The quantitative estimate of drug-likeness (QED) is 0.870. The lowest BCUT2D eigenvalue weighted by Gasteiger charge is -2.03. The molecule has 0 amide bonds. The minimum atomic E-state index is -2.84. The van der Waals surface area contributed by atoms with E-state index in [1.807, 2.05) is 0 Å². The minimum absolute atomic E-state index is 0.0848. The zero-order valence-corrected chi connectivity index (χ0v) is 10.1. The molecule has 5 nitrogen and oxygen atoms in total. The molecule has 0 aliphatic rings. The summed E-state index contributed by atoms with van der Waals surface area (Å²) in [7, 11) is 0. The van der Waals surface area contributed by atoms with Crippen LogP contribution in [0, 0.1) is 0 Å². The molecule has 7 heteroatoms. The molecular weight excluding hydrogens is 256 g/mol. The number of nitrogens with two attached hydrogens (primary N) is 1. The van der Waals surface area contributed by atoms with E-state index in [1.54, 1.807) is 12.1 Å². The molecule has 1 aromatic carbocycles. The molecule has 2 aromatic rings. The van der Waals surface area contributed by atoms with E-state index in [1.165, 1.54) is 12.1 Å². The maximum Gasteiger partial charge on any atom is 0.387 e. The number of halogens is 2. The molecule has 19 heavy (non-hydrogen) atoms. The molecule has 0 saturated carbocycles. The van der Waals surface area contributed by atoms with E-state index in [4.69, 9.17) is 10.2 Å². The van der Waals surface area contributed by atoms with Gasteiger partial charge in [-0.25, -0.2) is 0 Å². The van der Waals surface area contributed by atoms with Gasteiger partial charge in [-0.1, -0.05) is 0 Å². The largest absolute Gasteiger partial charge is 0.435 e. The van der Waals surface area contributed by atoms with E-state index >= 15 is 0 Å². The average Bonchev–Trinajstić information content (AvgIpc) is 2.85. The van der Waals surface area contributed by atoms with Crippen molar-refractivity contribution in [1.29, 1.82) is 0 Å². The Bertz CT molecular complexity index is 514. The molecule has 2 rings (SSSR count). The number of alkyl halides is 2. The second-order valence-corrected chi connectivity index (χ2v) is 3.80. The fourth-order valence-corrected chi connectivity index (χ4v) is 1.50. The summed E-state index contributed by atoms with van der Waals surface area (Å²) in [4.78, 5) is 0. The molecule has 0 spiro atoms. The first-order valence-electron chi connectivity index (χ1n) is 5.76. The standard InChI is InChI=1S/C12H13F2N3O2/c13-12(14)18-9-5-3-8(4-6-9)11-17-16-10(19-11)2-1-7-15/h3-6,12H,1-2,7,15H2. The van der Waals surface area contributed by atoms with Crippen LogP contribution in [0.2, 0.25) is 0 Å². The summed E-state index contributed by atoms with van der Waals surface area (Å²) in [6, 6.07) is 6.01. The Balaban J connectivity index is 2.07. The van der Waals surface area contributed by atoms with Gasteiger partial charge in [-0.15, -0.1) is 10.2 Å². The van der Waals surface area contributed by atoms with Crippen LogP contribution in [0.3, 0.4) is 0 Å². The molecule has 102 valence electrons. The zero-order valence-electron chi connectivity index (χ0n) is 10.1. The lowest BCUT2D eigenvalue weighted by molar-refractivity contribution is -0.0498. The SMILES string of the molecule is NCCCc1nnc(-c2ccc(OC(F)F)cc2)o1. The lowest BCUT2D eigenvalue weighted by atomic mass is 10.2. The number of aryl methyl sites for hydroxylation is 1. The van der Waals surface area contributed by atoms with E-state index in [2.05, 4.69) is 14.9 Å². The summed E-state index contributed by atoms with van der Waals surface area (Å²) >= 11 is 0. The summed E-state index contributed by atoms with van der Waals surface area (Å²) < 4.78 is 33.7. The van der Waals surface area contributed by atoms with Gasteiger partial charge in [-0.2, -0.15) is 8.78 Å². The van der Waals surface area contributed by atoms with Crippen LogP contribution in [-0.4, -0.2) is 23.4 Å². The van der Waals surface area contributed by atoms with E-state index in [-0.39, 0.29) is 5.75 Å². The van der Waals surface area contributed by atoms with Gasteiger partial charge in [-0.05, 0) is 37.2 Å². The Morgan fingerprint density at radius 2 is 1.95 bits per heavy atom. The molecule has 0 unspecified atom stereocenters. The molecule has 1 heterocycles. The van der Waals surface area contributed by atoms with Crippen LogP contribution < -0.4 is 10.5 Å². The topological polar surface area (TPSA) is 74.2 Å². The first-order chi connectivity index (χ1) is 9.19. The van der Waals surface area contributed by atoms with Crippen molar-refractivity contribution in [3.63, 3.8) is 0 Å². The fraction of sp³-hybridized carbons (Fsp3) is 0.333. The third-order valence-electron chi connectivity index (χ3n) is 2.39. The van der Waals surface area contributed by atoms with E-state index in [9.17, 15) is 8.78 Å². The maximum absolute atomic E-state index is 12.0. The highest BCUT2D eigenvalue weighted by Crippen LogP contribution is 2.22. The van der Waals surface area contributed by atoms with Gasteiger partial charge in [0.1, 0.15) is 5.75 Å². The van der Waals surface area contributed by atoms with Gasteiger partial charge in [0.2, 0.25) is 11.8 Å². The Morgan fingerprint density at radius 1 is 1.21 bits per heavy atom. The Morgan fingerprint density at radius 3 is 2.58 bits per heavy atom. The Kier molecular flexibility index (Phi) is 4.40. The predicted molar refractivity (Wildman–Crippen MR) is 63.7 cm³/mol. The number of aromatic nitrogens is 2. The predicted octanol–water partition coefficient (Wildman–Crippen LogP) is 2.23. The van der Waals surface area contributed by atoms with Gasteiger partial charge < -0.3 is 14.9 Å². The van der Waals surface area contributed by atoms with Gasteiger partial charge in [0.15, 0.2) is 0 Å². The Labute approximate surface area is 108 Å². The summed E-state index contributed by atoms with van der Waals surface area (Å²) in [5.74, 6) is 0.936. The highest BCUT2D eigenvalue weighted by Gasteiger charge is 2.09. The number of rotatable bonds is 6. The van der Waals surface area contributed by atoms with Crippen LogP contribution in [0.25, 0.3) is 11.5 Å². The molecule has 0 bridgehead atoms. The minimum Gasteiger partial charge on any atom is -0.435 e. The van der Waals surface area contributed by atoms with Crippen LogP contribution in [0.15, 0.2) is 28.7 Å². The van der Waals surface area contributed by atoms with Crippen molar-refractivity contribution < 1.29 is 17.9 Å². The molecule has 0 saturated heterocycles. The van der Waals surface area contributed by atoms with Crippen LogP contribution in [0.1, 0.15) is 12.3 Å². The number of nitrogens with zero attached hydrogens (tertiary/aromatic N) is 2. The number of hydrogen-bond donors (Lipinski definition) is 1. The van der Waals surface area contributed by atoms with Gasteiger partial charge in [-0.3, -0.25) is 0 Å². The second-order valence-electron chi connectivity index (χ2n) is 3.80. The number of benzene rings is 1. The fourth-order valence-electron chi connectivity index (χ4n) is 1.50.